The second kappa shape index (κ2) is 7.85. The highest BCUT2D eigenvalue weighted by atomic mass is 35.5. The highest BCUT2D eigenvalue weighted by molar-refractivity contribution is 6.35. The first-order valence-electron chi connectivity index (χ1n) is 6.71. The Morgan fingerprint density at radius 1 is 1.21 bits per heavy atom. The van der Waals surface area contributed by atoms with Crippen LogP contribution in [0.1, 0.15) is 0 Å². The third-order valence-corrected chi connectivity index (χ3v) is 3.42. The van der Waals surface area contributed by atoms with E-state index in [0.29, 0.717) is 27.2 Å². The molecule has 0 saturated carbocycles. The summed E-state index contributed by atoms with van der Waals surface area (Å²) < 4.78 is 5.11. The number of carbonyl (C=O) groups is 1. The van der Waals surface area contributed by atoms with Crippen molar-refractivity contribution in [1.29, 1.82) is 0 Å². The van der Waals surface area contributed by atoms with Crippen LogP contribution in [0.4, 0.5) is 17.1 Å². The van der Waals surface area contributed by atoms with Crippen LogP contribution < -0.4 is 15.4 Å². The SMILES string of the molecule is COc1ccc([N+](=O)[O-])cc1NCC(=O)Nc1cc(Cl)cc(Cl)c1. The van der Waals surface area contributed by atoms with Crippen molar-refractivity contribution >= 4 is 46.2 Å². The van der Waals surface area contributed by atoms with Crippen molar-refractivity contribution in [1.82, 2.24) is 0 Å². The summed E-state index contributed by atoms with van der Waals surface area (Å²) in [5.41, 5.74) is 0.677. The molecule has 0 saturated heterocycles. The Hall–Kier alpha value is -2.51. The van der Waals surface area contributed by atoms with E-state index in [4.69, 9.17) is 27.9 Å². The number of hydrogen-bond acceptors (Lipinski definition) is 5. The van der Waals surface area contributed by atoms with E-state index in [2.05, 4.69) is 10.6 Å². The zero-order valence-electron chi connectivity index (χ0n) is 12.5. The Balaban J connectivity index is 2.05. The molecule has 9 heteroatoms. The largest absolute Gasteiger partial charge is 0.495 e. The van der Waals surface area contributed by atoms with Crippen LogP contribution in [0.5, 0.6) is 5.75 Å². The van der Waals surface area contributed by atoms with Crippen LogP contribution in [0.2, 0.25) is 10.0 Å². The van der Waals surface area contributed by atoms with E-state index in [-0.39, 0.29) is 18.1 Å². The van der Waals surface area contributed by atoms with Crippen LogP contribution in [0.15, 0.2) is 36.4 Å². The van der Waals surface area contributed by atoms with E-state index < -0.39 is 4.92 Å². The fraction of sp³-hybridized carbons (Fsp3) is 0.133. The topological polar surface area (TPSA) is 93.5 Å². The first-order chi connectivity index (χ1) is 11.4. The van der Waals surface area contributed by atoms with Gasteiger partial charge in [0.15, 0.2) is 0 Å². The molecule has 0 unspecified atom stereocenters. The maximum atomic E-state index is 12.0. The number of methoxy groups -OCH3 is 1. The van der Waals surface area contributed by atoms with Gasteiger partial charge < -0.3 is 15.4 Å². The van der Waals surface area contributed by atoms with Crippen molar-refractivity contribution in [3.05, 3.63) is 56.6 Å². The molecule has 0 aromatic heterocycles. The van der Waals surface area contributed by atoms with Crippen LogP contribution in [0, 0.1) is 10.1 Å². The Morgan fingerprint density at radius 3 is 2.46 bits per heavy atom. The van der Waals surface area contributed by atoms with Crippen molar-refractivity contribution in [3.63, 3.8) is 0 Å². The van der Waals surface area contributed by atoms with Gasteiger partial charge in [-0.05, 0) is 24.3 Å². The van der Waals surface area contributed by atoms with Gasteiger partial charge in [0.25, 0.3) is 5.69 Å². The Kier molecular flexibility index (Phi) is 5.83. The lowest BCUT2D eigenvalue weighted by molar-refractivity contribution is -0.384. The number of non-ortho nitro benzene ring substituents is 1. The number of rotatable bonds is 6. The number of nitrogens with one attached hydrogen (secondary N) is 2. The van der Waals surface area contributed by atoms with Crippen molar-refractivity contribution in [3.8, 4) is 5.75 Å². The van der Waals surface area contributed by atoms with Crippen molar-refractivity contribution in [2.24, 2.45) is 0 Å². The van der Waals surface area contributed by atoms with Gasteiger partial charge >= 0.3 is 0 Å². The fourth-order valence-electron chi connectivity index (χ4n) is 1.95. The third-order valence-electron chi connectivity index (χ3n) is 2.98. The number of carbonyl (C=O) groups excluding carboxylic acids is 1. The van der Waals surface area contributed by atoms with E-state index >= 15 is 0 Å². The van der Waals surface area contributed by atoms with Gasteiger partial charge in [0.1, 0.15) is 5.75 Å². The van der Waals surface area contributed by atoms with E-state index in [0.717, 1.165) is 0 Å². The molecule has 1 amide bonds. The van der Waals surface area contributed by atoms with Crippen LogP contribution in [0.25, 0.3) is 0 Å². The number of amides is 1. The number of nitrogens with zero attached hydrogens (tertiary/aromatic N) is 1. The van der Waals surface area contributed by atoms with E-state index in [1.165, 1.54) is 25.3 Å². The molecule has 2 aromatic rings. The minimum atomic E-state index is -0.529. The zero-order valence-corrected chi connectivity index (χ0v) is 14.0. The van der Waals surface area contributed by atoms with Gasteiger partial charge in [0.2, 0.25) is 5.91 Å². The molecule has 0 atom stereocenters. The summed E-state index contributed by atoms with van der Waals surface area (Å²) >= 11 is 11.7. The lowest BCUT2D eigenvalue weighted by Crippen LogP contribution is -2.22. The monoisotopic (exact) mass is 369 g/mol. The van der Waals surface area contributed by atoms with Gasteiger partial charge in [-0.2, -0.15) is 0 Å². The zero-order chi connectivity index (χ0) is 17.7. The molecule has 126 valence electrons. The molecule has 0 aliphatic heterocycles. The summed E-state index contributed by atoms with van der Waals surface area (Å²) in [7, 11) is 1.43. The number of nitro groups is 1. The molecule has 0 heterocycles. The summed E-state index contributed by atoms with van der Waals surface area (Å²) in [5.74, 6) is 0.0149. The van der Waals surface area contributed by atoms with Crippen molar-refractivity contribution in [2.45, 2.75) is 0 Å². The maximum Gasteiger partial charge on any atom is 0.271 e. The molecule has 2 N–H and O–H groups in total. The van der Waals surface area contributed by atoms with Gasteiger partial charge in [0, 0.05) is 27.9 Å². The summed E-state index contributed by atoms with van der Waals surface area (Å²) in [4.78, 5) is 22.3. The molecular formula is C15H13Cl2N3O4. The Bertz CT molecular complexity index is 763. The second-order valence-electron chi connectivity index (χ2n) is 4.70. The highest BCUT2D eigenvalue weighted by Crippen LogP contribution is 2.28. The molecule has 7 nitrogen and oxygen atoms in total. The molecule has 0 bridgehead atoms. The average Bonchev–Trinajstić information content (AvgIpc) is 2.51. The summed E-state index contributed by atoms with van der Waals surface area (Å²) in [6.45, 7) is -0.123. The number of hydrogen-bond donors (Lipinski definition) is 2. The molecule has 24 heavy (non-hydrogen) atoms. The lowest BCUT2D eigenvalue weighted by Gasteiger charge is -2.11. The average molecular weight is 370 g/mol. The van der Waals surface area contributed by atoms with E-state index in [9.17, 15) is 14.9 Å². The molecule has 2 rings (SSSR count). The highest BCUT2D eigenvalue weighted by Gasteiger charge is 2.12. The second-order valence-corrected chi connectivity index (χ2v) is 5.57. The first kappa shape index (κ1) is 17.8. The fourth-order valence-corrected chi connectivity index (χ4v) is 2.48. The van der Waals surface area contributed by atoms with E-state index in [1.54, 1.807) is 18.2 Å². The Morgan fingerprint density at radius 2 is 1.88 bits per heavy atom. The van der Waals surface area contributed by atoms with Crippen molar-refractivity contribution in [2.75, 3.05) is 24.3 Å². The van der Waals surface area contributed by atoms with Crippen LogP contribution >= 0.6 is 23.2 Å². The van der Waals surface area contributed by atoms with Crippen LogP contribution in [-0.2, 0) is 4.79 Å². The Labute approximate surface area is 147 Å². The number of benzene rings is 2. The number of nitro benzene ring substituents is 1. The van der Waals surface area contributed by atoms with Gasteiger partial charge in [-0.15, -0.1) is 0 Å². The molecule has 0 fully saturated rings. The van der Waals surface area contributed by atoms with Gasteiger partial charge in [-0.3, -0.25) is 14.9 Å². The summed E-state index contributed by atoms with van der Waals surface area (Å²) in [6.07, 6.45) is 0. The maximum absolute atomic E-state index is 12.0. The van der Waals surface area contributed by atoms with E-state index in [1.807, 2.05) is 0 Å². The minimum Gasteiger partial charge on any atom is -0.495 e. The predicted octanol–water partition coefficient (Wildman–Crippen LogP) is 3.96. The van der Waals surface area contributed by atoms with Crippen LogP contribution in [0.3, 0.4) is 0 Å². The molecule has 0 radical (unpaired) electrons. The van der Waals surface area contributed by atoms with Crippen molar-refractivity contribution < 1.29 is 14.5 Å². The normalized spacial score (nSPS) is 10.1. The molecule has 0 aliphatic carbocycles. The predicted molar refractivity (Wildman–Crippen MR) is 93.2 cm³/mol. The number of ether oxygens (including phenoxy) is 1. The third kappa shape index (κ3) is 4.74. The smallest absolute Gasteiger partial charge is 0.271 e. The minimum absolute atomic E-state index is 0.111. The van der Waals surface area contributed by atoms with Gasteiger partial charge in [0.05, 0.1) is 24.3 Å². The molecule has 0 spiro atoms. The van der Waals surface area contributed by atoms with Gasteiger partial charge in [-0.1, -0.05) is 23.2 Å². The summed E-state index contributed by atoms with van der Waals surface area (Å²) in [5, 5.41) is 17.0. The summed E-state index contributed by atoms with van der Waals surface area (Å²) in [6, 6.07) is 8.72. The van der Waals surface area contributed by atoms with Gasteiger partial charge in [-0.25, -0.2) is 0 Å². The van der Waals surface area contributed by atoms with Crippen LogP contribution in [-0.4, -0.2) is 24.5 Å². The number of anilines is 2. The molecule has 0 aliphatic rings. The standard InChI is InChI=1S/C15H13Cl2N3O4/c1-24-14-3-2-12(20(22)23)7-13(14)18-8-15(21)19-11-5-9(16)4-10(17)6-11/h2-7,18H,8H2,1H3,(H,19,21). The quantitative estimate of drug-likeness (QED) is 0.593. The molecular weight excluding hydrogens is 357 g/mol. The first-order valence-corrected chi connectivity index (χ1v) is 7.47. The molecule has 2 aromatic carbocycles. The number of halogens is 2. The lowest BCUT2D eigenvalue weighted by atomic mass is 10.2.